The second kappa shape index (κ2) is 4.14. The molecular formula is C11H17N3O2. The molecule has 1 aliphatic heterocycles. The third-order valence-corrected chi connectivity index (χ3v) is 3.58. The molecule has 1 saturated heterocycles. The fourth-order valence-electron chi connectivity index (χ4n) is 2.44. The molecule has 0 spiro atoms. The zero-order valence-corrected chi connectivity index (χ0v) is 9.22. The number of aliphatic hydroxyl groups excluding tert-OH is 1. The zero-order valence-electron chi connectivity index (χ0n) is 9.22. The van der Waals surface area contributed by atoms with Crippen molar-refractivity contribution in [3.05, 3.63) is 11.7 Å². The van der Waals surface area contributed by atoms with Gasteiger partial charge in [0.25, 0.3) is 0 Å². The summed E-state index contributed by atoms with van der Waals surface area (Å²) >= 11 is 0. The lowest BCUT2D eigenvalue weighted by atomic mass is 9.82. The van der Waals surface area contributed by atoms with Crippen LogP contribution in [0.5, 0.6) is 0 Å². The normalized spacial score (nSPS) is 34.7. The maximum absolute atomic E-state index is 9.24. The SMILES string of the molecule is OC1CC(c2nc(C3CCCNC3)no2)C1. The Balaban J connectivity index is 1.67. The minimum Gasteiger partial charge on any atom is -0.393 e. The highest BCUT2D eigenvalue weighted by molar-refractivity contribution is 5.04. The number of piperidine rings is 1. The van der Waals surface area contributed by atoms with Crippen LogP contribution in [0.2, 0.25) is 0 Å². The Hall–Kier alpha value is -0.940. The molecule has 3 rings (SSSR count). The first-order valence-electron chi connectivity index (χ1n) is 6.05. The number of nitrogens with one attached hydrogen (secondary N) is 1. The van der Waals surface area contributed by atoms with E-state index >= 15 is 0 Å². The predicted octanol–water partition coefficient (Wildman–Crippen LogP) is 0.775. The van der Waals surface area contributed by atoms with Gasteiger partial charge < -0.3 is 14.9 Å². The van der Waals surface area contributed by atoms with Gasteiger partial charge in [-0.1, -0.05) is 5.16 Å². The summed E-state index contributed by atoms with van der Waals surface area (Å²) in [6, 6.07) is 0. The van der Waals surface area contributed by atoms with Crippen LogP contribution in [-0.4, -0.2) is 34.4 Å². The summed E-state index contributed by atoms with van der Waals surface area (Å²) in [5.74, 6) is 2.23. The summed E-state index contributed by atoms with van der Waals surface area (Å²) in [6.07, 6.45) is 3.68. The Morgan fingerprint density at radius 2 is 2.19 bits per heavy atom. The first kappa shape index (κ1) is 10.2. The zero-order chi connectivity index (χ0) is 11.0. The largest absolute Gasteiger partial charge is 0.393 e. The first-order valence-corrected chi connectivity index (χ1v) is 6.05. The van der Waals surface area contributed by atoms with Crippen molar-refractivity contribution < 1.29 is 9.63 Å². The molecule has 88 valence electrons. The van der Waals surface area contributed by atoms with Crippen molar-refractivity contribution in [2.45, 2.75) is 43.6 Å². The summed E-state index contributed by atoms with van der Waals surface area (Å²) < 4.78 is 5.27. The van der Waals surface area contributed by atoms with E-state index in [0.29, 0.717) is 11.8 Å². The Morgan fingerprint density at radius 1 is 1.31 bits per heavy atom. The highest BCUT2D eigenvalue weighted by Crippen LogP contribution is 2.36. The molecule has 2 fully saturated rings. The van der Waals surface area contributed by atoms with E-state index in [1.165, 1.54) is 6.42 Å². The van der Waals surface area contributed by atoms with Gasteiger partial charge in [-0.25, -0.2) is 0 Å². The Labute approximate surface area is 94.2 Å². The summed E-state index contributed by atoms with van der Waals surface area (Å²) in [6.45, 7) is 2.04. The van der Waals surface area contributed by atoms with E-state index in [1.54, 1.807) is 0 Å². The number of nitrogens with zero attached hydrogens (tertiary/aromatic N) is 2. The van der Waals surface area contributed by atoms with Crippen molar-refractivity contribution in [1.82, 2.24) is 15.5 Å². The predicted molar refractivity (Wildman–Crippen MR) is 57.1 cm³/mol. The van der Waals surface area contributed by atoms with Gasteiger partial charge in [-0.2, -0.15) is 4.98 Å². The average Bonchev–Trinajstić information content (AvgIpc) is 2.75. The third-order valence-electron chi connectivity index (χ3n) is 3.58. The third kappa shape index (κ3) is 1.85. The van der Waals surface area contributed by atoms with Crippen molar-refractivity contribution in [3.8, 4) is 0 Å². The number of rotatable bonds is 2. The highest BCUT2D eigenvalue weighted by Gasteiger charge is 2.33. The smallest absolute Gasteiger partial charge is 0.229 e. The topological polar surface area (TPSA) is 71.2 Å². The van der Waals surface area contributed by atoms with Crippen LogP contribution in [0.4, 0.5) is 0 Å². The monoisotopic (exact) mass is 223 g/mol. The lowest BCUT2D eigenvalue weighted by Crippen LogP contribution is -2.29. The molecule has 5 heteroatoms. The molecule has 0 amide bonds. The minimum atomic E-state index is -0.170. The van der Waals surface area contributed by atoms with E-state index in [-0.39, 0.29) is 12.0 Å². The molecule has 1 aromatic heterocycles. The molecule has 0 aromatic carbocycles. The molecule has 1 atom stereocenters. The lowest BCUT2D eigenvalue weighted by Gasteiger charge is -2.27. The van der Waals surface area contributed by atoms with E-state index in [9.17, 15) is 5.11 Å². The van der Waals surface area contributed by atoms with Crippen LogP contribution in [-0.2, 0) is 0 Å². The second-order valence-electron chi connectivity index (χ2n) is 4.86. The van der Waals surface area contributed by atoms with Gasteiger partial charge in [-0.15, -0.1) is 0 Å². The van der Waals surface area contributed by atoms with E-state index in [1.807, 2.05) is 0 Å². The van der Waals surface area contributed by atoms with Crippen molar-refractivity contribution in [2.75, 3.05) is 13.1 Å². The molecule has 1 aliphatic carbocycles. The maximum Gasteiger partial charge on any atom is 0.229 e. The van der Waals surface area contributed by atoms with Gasteiger partial charge in [0.2, 0.25) is 5.89 Å². The molecule has 2 N–H and O–H groups in total. The summed E-state index contributed by atoms with van der Waals surface area (Å²) in [5, 5.41) is 16.6. The fraction of sp³-hybridized carbons (Fsp3) is 0.818. The van der Waals surface area contributed by atoms with Crippen LogP contribution in [0.1, 0.15) is 49.2 Å². The van der Waals surface area contributed by atoms with Crippen LogP contribution >= 0.6 is 0 Å². The van der Waals surface area contributed by atoms with Crippen LogP contribution in [0.15, 0.2) is 4.52 Å². The number of aromatic nitrogens is 2. The van der Waals surface area contributed by atoms with Crippen molar-refractivity contribution >= 4 is 0 Å². The van der Waals surface area contributed by atoms with Crippen LogP contribution < -0.4 is 5.32 Å². The number of aliphatic hydroxyl groups is 1. The molecule has 1 unspecified atom stereocenters. The fourth-order valence-corrected chi connectivity index (χ4v) is 2.44. The first-order chi connectivity index (χ1) is 7.83. The lowest BCUT2D eigenvalue weighted by molar-refractivity contribution is 0.0625. The van der Waals surface area contributed by atoms with Gasteiger partial charge in [-0.3, -0.25) is 0 Å². The standard InChI is InChI=1S/C11H17N3O2/c15-9-4-8(5-9)11-13-10(14-16-11)7-2-1-3-12-6-7/h7-9,12,15H,1-6H2. The molecule has 2 heterocycles. The van der Waals surface area contributed by atoms with E-state index in [2.05, 4.69) is 15.5 Å². The molecule has 1 aromatic rings. The van der Waals surface area contributed by atoms with Crippen LogP contribution in [0, 0.1) is 0 Å². The summed E-state index contributed by atoms with van der Waals surface area (Å²) in [4.78, 5) is 4.46. The van der Waals surface area contributed by atoms with Crippen molar-refractivity contribution in [1.29, 1.82) is 0 Å². The molecule has 0 bridgehead atoms. The van der Waals surface area contributed by atoms with Crippen molar-refractivity contribution in [3.63, 3.8) is 0 Å². The maximum atomic E-state index is 9.24. The van der Waals surface area contributed by atoms with Crippen LogP contribution in [0.25, 0.3) is 0 Å². The van der Waals surface area contributed by atoms with Gasteiger partial charge in [0.1, 0.15) is 0 Å². The Bertz CT molecular complexity index is 354. The molecule has 5 nitrogen and oxygen atoms in total. The Morgan fingerprint density at radius 3 is 2.88 bits per heavy atom. The molecule has 2 aliphatic rings. The van der Waals surface area contributed by atoms with Gasteiger partial charge in [0.05, 0.1) is 6.10 Å². The summed E-state index contributed by atoms with van der Waals surface area (Å²) in [7, 11) is 0. The molecule has 1 saturated carbocycles. The number of hydrogen-bond acceptors (Lipinski definition) is 5. The van der Waals surface area contributed by atoms with Gasteiger partial charge in [-0.05, 0) is 32.2 Å². The van der Waals surface area contributed by atoms with Crippen molar-refractivity contribution in [2.24, 2.45) is 0 Å². The van der Waals surface area contributed by atoms with Gasteiger partial charge in [0, 0.05) is 18.4 Å². The highest BCUT2D eigenvalue weighted by atomic mass is 16.5. The molecule has 16 heavy (non-hydrogen) atoms. The number of hydrogen-bond donors (Lipinski definition) is 2. The minimum absolute atomic E-state index is 0.170. The van der Waals surface area contributed by atoms with E-state index in [4.69, 9.17) is 4.52 Å². The Kier molecular flexibility index (Phi) is 2.65. The molecule has 0 radical (unpaired) electrons. The quantitative estimate of drug-likeness (QED) is 0.775. The average molecular weight is 223 g/mol. The summed E-state index contributed by atoms with van der Waals surface area (Å²) in [5.41, 5.74) is 0. The van der Waals surface area contributed by atoms with E-state index in [0.717, 1.165) is 38.2 Å². The second-order valence-corrected chi connectivity index (χ2v) is 4.86. The van der Waals surface area contributed by atoms with Gasteiger partial charge in [0.15, 0.2) is 5.82 Å². The van der Waals surface area contributed by atoms with E-state index < -0.39 is 0 Å². The molecular weight excluding hydrogens is 206 g/mol. The van der Waals surface area contributed by atoms with Crippen LogP contribution in [0.3, 0.4) is 0 Å². The van der Waals surface area contributed by atoms with Gasteiger partial charge >= 0.3 is 0 Å².